The standard InChI is InChI=1S/C13H24N2O4/c1-13(2,3)19-12(17)15-9-6-5-8(11(14)16)7-10(9)18-4/h8-10H,5-7H2,1-4H3,(H2,14,16)(H,15,17)/t8-,9-,10-/m1/s1. The average Bonchev–Trinajstić information content (AvgIpc) is 2.26. The minimum Gasteiger partial charge on any atom is -0.444 e. The van der Waals surface area contributed by atoms with Crippen LogP contribution >= 0.6 is 0 Å². The number of nitrogens with two attached hydrogens (primary N) is 1. The van der Waals surface area contributed by atoms with Crippen molar-refractivity contribution in [1.29, 1.82) is 0 Å². The van der Waals surface area contributed by atoms with Crippen molar-refractivity contribution in [3.63, 3.8) is 0 Å². The van der Waals surface area contributed by atoms with E-state index in [0.717, 1.165) is 0 Å². The second kappa shape index (κ2) is 6.23. The summed E-state index contributed by atoms with van der Waals surface area (Å²) in [5.41, 5.74) is 4.78. The molecule has 0 spiro atoms. The van der Waals surface area contributed by atoms with Gasteiger partial charge in [0.1, 0.15) is 5.60 Å². The first-order valence-electron chi connectivity index (χ1n) is 6.54. The van der Waals surface area contributed by atoms with Gasteiger partial charge >= 0.3 is 6.09 Å². The summed E-state index contributed by atoms with van der Waals surface area (Å²) < 4.78 is 10.5. The Bertz CT molecular complexity index is 338. The minimum atomic E-state index is -0.531. The maximum absolute atomic E-state index is 11.7. The molecule has 19 heavy (non-hydrogen) atoms. The fourth-order valence-electron chi connectivity index (χ4n) is 2.27. The SMILES string of the molecule is CO[C@@H]1C[C@H](C(N)=O)CC[C@H]1NC(=O)OC(C)(C)C. The Balaban J connectivity index is 2.54. The second-order valence-electron chi connectivity index (χ2n) is 5.94. The molecule has 0 aromatic carbocycles. The van der Waals surface area contributed by atoms with Crippen LogP contribution in [0.5, 0.6) is 0 Å². The van der Waals surface area contributed by atoms with E-state index in [0.29, 0.717) is 19.3 Å². The summed E-state index contributed by atoms with van der Waals surface area (Å²) in [6.07, 6.45) is 1.18. The molecule has 0 aromatic heterocycles. The van der Waals surface area contributed by atoms with Gasteiger partial charge in [-0.3, -0.25) is 4.79 Å². The Morgan fingerprint density at radius 1 is 1.26 bits per heavy atom. The van der Waals surface area contributed by atoms with E-state index < -0.39 is 11.7 Å². The molecule has 0 unspecified atom stereocenters. The maximum atomic E-state index is 11.7. The molecule has 2 amide bonds. The van der Waals surface area contributed by atoms with Gasteiger partial charge < -0.3 is 20.5 Å². The fraction of sp³-hybridized carbons (Fsp3) is 0.846. The van der Waals surface area contributed by atoms with Crippen LogP contribution in [0.1, 0.15) is 40.0 Å². The third-order valence-electron chi connectivity index (χ3n) is 3.20. The predicted octanol–water partition coefficient (Wildman–Crippen LogP) is 1.18. The van der Waals surface area contributed by atoms with Crippen molar-refractivity contribution < 1.29 is 19.1 Å². The molecule has 110 valence electrons. The van der Waals surface area contributed by atoms with Crippen molar-refractivity contribution in [1.82, 2.24) is 5.32 Å². The van der Waals surface area contributed by atoms with Crippen LogP contribution in [-0.4, -0.2) is 36.9 Å². The molecule has 1 saturated carbocycles. The van der Waals surface area contributed by atoms with E-state index in [1.54, 1.807) is 7.11 Å². The van der Waals surface area contributed by atoms with Crippen molar-refractivity contribution in [3.8, 4) is 0 Å². The molecule has 0 saturated heterocycles. The number of ether oxygens (including phenoxy) is 2. The van der Waals surface area contributed by atoms with E-state index in [1.807, 2.05) is 20.8 Å². The lowest BCUT2D eigenvalue weighted by Crippen LogP contribution is -2.50. The molecule has 3 N–H and O–H groups in total. The largest absolute Gasteiger partial charge is 0.444 e. The summed E-state index contributed by atoms with van der Waals surface area (Å²) in [5.74, 6) is -0.487. The first-order chi connectivity index (χ1) is 8.73. The second-order valence-corrected chi connectivity index (χ2v) is 5.94. The number of rotatable bonds is 3. The van der Waals surface area contributed by atoms with Crippen LogP contribution in [0.3, 0.4) is 0 Å². The number of carbonyl (C=O) groups is 2. The van der Waals surface area contributed by atoms with Crippen LogP contribution in [0.25, 0.3) is 0 Å². The van der Waals surface area contributed by atoms with Crippen molar-refractivity contribution >= 4 is 12.0 Å². The number of alkyl carbamates (subject to hydrolysis) is 1. The maximum Gasteiger partial charge on any atom is 0.407 e. The molecule has 1 aliphatic carbocycles. The van der Waals surface area contributed by atoms with E-state index in [2.05, 4.69) is 5.32 Å². The number of nitrogens with one attached hydrogen (secondary N) is 1. The van der Waals surface area contributed by atoms with Crippen molar-refractivity contribution in [3.05, 3.63) is 0 Å². The molecule has 6 nitrogen and oxygen atoms in total. The summed E-state index contributed by atoms with van der Waals surface area (Å²) >= 11 is 0. The zero-order valence-corrected chi connectivity index (χ0v) is 12.1. The van der Waals surface area contributed by atoms with Gasteiger partial charge in [0.2, 0.25) is 5.91 Å². The van der Waals surface area contributed by atoms with Crippen LogP contribution in [0.2, 0.25) is 0 Å². The smallest absolute Gasteiger partial charge is 0.407 e. The molecule has 1 rings (SSSR count). The number of amides is 2. The average molecular weight is 272 g/mol. The van der Waals surface area contributed by atoms with Gasteiger partial charge in [0.05, 0.1) is 12.1 Å². The lowest BCUT2D eigenvalue weighted by molar-refractivity contribution is -0.124. The van der Waals surface area contributed by atoms with Crippen molar-refractivity contribution in [2.45, 2.75) is 57.8 Å². The highest BCUT2D eigenvalue weighted by Crippen LogP contribution is 2.26. The summed E-state index contributed by atoms with van der Waals surface area (Å²) in [7, 11) is 1.57. The van der Waals surface area contributed by atoms with E-state index in [1.165, 1.54) is 0 Å². The van der Waals surface area contributed by atoms with Crippen LogP contribution < -0.4 is 11.1 Å². The number of methoxy groups -OCH3 is 1. The molecular formula is C13H24N2O4. The van der Waals surface area contributed by atoms with Crippen LogP contribution in [0.15, 0.2) is 0 Å². The van der Waals surface area contributed by atoms with Gasteiger partial charge in [-0.15, -0.1) is 0 Å². The first-order valence-corrected chi connectivity index (χ1v) is 6.54. The number of hydrogen-bond donors (Lipinski definition) is 2. The molecule has 1 aliphatic rings. The Labute approximate surface area is 114 Å². The van der Waals surface area contributed by atoms with Gasteiger partial charge in [-0.05, 0) is 40.0 Å². The van der Waals surface area contributed by atoms with Gasteiger partial charge in [0.25, 0.3) is 0 Å². The van der Waals surface area contributed by atoms with Crippen molar-refractivity contribution in [2.75, 3.05) is 7.11 Å². The van der Waals surface area contributed by atoms with Gasteiger partial charge in [0, 0.05) is 13.0 Å². The van der Waals surface area contributed by atoms with E-state index in [9.17, 15) is 9.59 Å². The highest BCUT2D eigenvalue weighted by atomic mass is 16.6. The topological polar surface area (TPSA) is 90.6 Å². The van der Waals surface area contributed by atoms with Gasteiger partial charge in [-0.25, -0.2) is 4.79 Å². The summed E-state index contributed by atoms with van der Waals surface area (Å²) in [4.78, 5) is 22.9. The monoisotopic (exact) mass is 272 g/mol. The summed E-state index contributed by atoms with van der Waals surface area (Å²) in [6.45, 7) is 5.43. The predicted molar refractivity (Wildman–Crippen MR) is 70.5 cm³/mol. The molecule has 0 heterocycles. The number of primary amides is 1. The summed E-state index contributed by atoms with van der Waals surface area (Å²) in [5, 5.41) is 2.80. The molecule has 0 aromatic rings. The summed E-state index contributed by atoms with van der Waals surface area (Å²) in [6, 6.07) is -0.143. The fourth-order valence-corrected chi connectivity index (χ4v) is 2.27. The lowest BCUT2D eigenvalue weighted by Gasteiger charge is -2.34. The van der Waals surface area contributed by atoms with Crippen LogP contribution in [-0.2, 0) is 14.3 Å². The molecule has 1 fully saturated rings. The Hall–Kier alpha value is -1.30. The zero-order valence-electron chi connectivity index (χ0n) is 12.1. The number of carbonyl (C=O) groups excluding carboxylic acids is 2. The van der Waals surface area contributed by atoms with E-state index in [4.69, 9.17) is 15.2 Å². The van der Waals surface area contributed by atoms with Gasteiger partial charge in [-0.1, -0.05) is 0 Å². The van der Waals surface area contributed by atoms with E-state index in [-0.39, 0.29) is 24.0 Å². The van der Waals surface area contributed by atoms with Gasteiger partial charge in [0.15, 0.2) is 0 Å². The van der Waals surface area contributed by atoms with E-state index >= 15 is 0 Å². The highest BCUT2D eigenvalue weighted by Gasteiger charge is 2.34. The Morgan fingerprint density at radius 3 is 2.37 bits per heavy atom. The third-order valence-corrected chi connectivity index (χ3v) is 3.20. The minimum absolute atomic E-state index is 0.143. The Kier molecular flexibility index (Phi) is 5.17. The normalized spacial score (nSPS) is 27.7. The van der Waals surface area contributed by atoms with Gasteiger partial charge in [-0.2, -0.15) is 0 Å². The molecule has 6 heteroatoms. The zero-order chi connectivity index (χ0) is 14.6. The number of hydrogen-bond acceptors (Lipinski definition) is 4. The molecular weight excluding hydrogens is 248 g/mol. The molecule has 0 radical (unpaired) electrons. The third kappa shape index (κ3) is 5.06. The lowest BCUT2D eigenvalue weighted by atomic mass is 9.83. The molecule has 0 bridgehead atoms. The molecule has 0 aliphatic heterocycles. The quantitative estimate of drug-likeness (QED) is 0.807. The first kappa shape index (κ1) is 15.8. The Morgan fingerprint density at radius 2 is 1.89 bits per heavy atom. The molecule has 3 atom stereocenters. The van der Waals surface area contributed by atoms with Crippen molar-refractivity contribution in [2.24, 2.45) is 11.7 Å². The van der Waals surface area contributed by atoms with Crippen LogP contribution in [0, 0.1) is 5.92 Å². The van der Waals surface area contributed by atoms with Crippen LogP contribution in [0.4, 0.5) is 4.79 Å². The highest BCUT2D eigenvalue weighted by molar-refractivity contribution is 5.76.